The molecular weight excluding hydrogens is 319 g/mol. The van der Waals surface area contributed by atoms with Crippen LogP contribution in [0, 0.1) is 0 Å². The van der Waals surface area contributed by atoms with Gasteiger partial charge in [0.25, 0.3) is 0 Å². The molecule has 0 atom stereocenters. The number of benzene rings is 1. The van der Waals surface area contributed by atoms with Crippen molar-refractivity contribution >= 4 is 40.7 Å². The zero-order chi connectivity index (χ0) is 15.9. The van der Waals surface area contributed by atoms with Gasteiger partial charge >= 0.3 is 0 Å². The highest BCUT2D eigenvalue weighted by Crippen LogP contribution is 2.27. The summed E-state index contributed by atoms with van der Waals surface area (Å²) in [5, 5.41) is 4.32. The van der Waals surface area contributed by atoms with Gasteiger partial charge in [0.1, 0.15) is 5.82 Å². The predicted octanol–water partition coefficient (Wildman–Crippen LogP) is 5.15. The molecule has 0 aliphatic rings. The van der Waals surface area contributed by atoms with E-state index < -0.39 is 0 Å². The second-order valence-electron chi connectivity index (χ2n) is 4.97. The molecule has 1 aromatic heterocycles. The van der Waals surface area contributed by atoms with Crippen LogP contribution in [0.25, 0.3) is 0 Å². The van der Waals surface area contributed by atoms with Crippen LogP contribution in [0.3, 0.4) is 0 Å². The van der Waals surface area contributed by atoms with Crippen LogP contribution in [0.4, 0.5) is 17.5 Å². The van der Waals surface area contributed by atoms with Crippen molar-refractivity contribution in [2.24, 2.45) is 0 Å². The largest absolute Gasteiger partial charge is 0.356 e. The Bertz CT molecular complexity index is 613. The van der Waals surface area contributed by atoms with Gasteiger partial charge in [-0.3, -0.25) is 0 Å². The number of nitrogens with one attached hydrogen (secondary N) is 1. The Kier molecular flexibility index (Phi) is 6.28. The first-order valence-electron chi connectivity index (χ1n) is 7.44. The molecule has 0 saturated carbocycles. The highest BCUT2D eigenvalue weighted by molar-refractivity contribution is 6.35. The number of hydrogen-bond acceptors (Lipinski definition) is 4. The van der Waals surface area contributed by atoms with E-state index in [0.29, 0.717) is 21.7 Å². The molecule has 0 aliphatic carbocycles. The zero-order valence-electron chi connectivity index (χ0n) is 12.8. The van der Waals surface area contributed by atoms with E-state index in [1.54, 1.807) is 24.4 Å². The Labute approximate surface area is 141 Å². The van der Waals surface area contributed by atoms with E-state index in [1.807, 2.05) is 6.07 Å². The second-order valence-corrected chi connectivity index (χ2v) is 5.82. The van der Waals surface area contributed by atoms with Crippen molar-refractivity contribution in [2.45, 2.75) is 26.7 Å². The van der Waals surface area contributed by atoms with Crippen LogP contribution in [0.1, 0.15) is 26.7 Å². The van der Waals surface area contributed by atoms with E-state index in [0.717, 1.165) is 31.7 Å². The quantitative estimate of drug-likeness (QED) is 0.757. The van der Waals surface area contributed by atoms with Crippen molar-refractivity contribution in [3.05, 3.63) is 40.5 Å². The van der Waals surface area contributed by atoms with E-state index in [4.69, 9.17) is 23.2 Å². The zero-order valence-corrected chi connectivity index (χ0v) is 14.3. The molecule has 2 rings (SSSR count). The van der Waals surface area contributed by atoms with Crippen LogP contribution < -0.4 is 10.2 Å². The predicted molar refractivity (Wildman–Crippen MR) is 94.6 cm³/mol. The van der Waals surface area contributed by atoms with E-state index in [1.165, 1.54) is 0 Å². The highest BCUT2D eigenvalue weighted by atomic mass is 35.5. The Morgan fingerprint density at radius 1 is 1.09 bits per heavy atom. The molecule has 4 nitrogen and oxygen atoms in total. The van der Waals surface area contributed by atoms with E-state index in [-0.39, 0.29) is 0 Å². The molecule has 22 heavy (non-hydrogen) atoms. The monoisotopic (exact) mass is 338 g/mol. The van der Waals surface area contributed by atoms with E-state index in [2.05, 4.69) is 34.0 Å². The molecule has 0 radical (unpaired) electrons. The molecule has 0 bridgehead atoms. The average molecular weight is 339 g/mol. The van der Waals surface area contributed by atoms with Gasteiger partial charge < -0.3 is 10.2 Å². The third-order valence-electron chi connectivity index (χ3n) is 3.13. The standard InChI is InChI=1S/C16H20Cl2N4/c1-3-9-22(10-4-2)15-7-8-19-16(21-15)20-14-11-12(17)5-6-13(14)18/h5-8,11H,3-4,9-10H2,1-2H3,(H,19,20,21). The normalized spacial score (nSPS) is 10.5. The van der Waals surface area contributed by atoms with Crippen LogP contribution in [0.5, 0.6) is 0 Å². The molecule has 0 unspecified atom stereocenters. The van der Waals surface area contributed by atoms with E-state index >= 15 is 0 Å². The molecule has 0 fully saturated rings. The van der Waals surface area contributed by atoms with Gasteiger partial charge in [0.05, 0.1) is 10.7 Å². The maximum absolute atomic E-state index is 6.16. The lowest BCUT2D eigenvalue weighted by molar-refractivity contribution is 0.733. The van der Waals surface area contributed by atoms with Crippen LogP contribution in [0.2, 0.25) is 10.0 Å². The van der Waals surface area contributed by atoms with Gasteiger partial charge in [0.2, 0.25) is 5.95 Å². The van der Waals surface area contributed by atoms with Gasteiger partial charge in [-0.05, 0) is 37.1 Å². The summed E-state index contributed by atoms with van der Waals surface area (Å²) in [6, 6.07) is 7.18. The summed E-state index contributed by atoms with van der Waals surface area (Å²) >= 11 is 12.2. The fourth-order valence-corrected chi connectivity index (χ4v) is 2.52. The number of halogens is 2. The minimum Gasteiger partial charge on any atom is -0.356 e. The number of rotatable bonds is 7. The summed E-state index contributed by atoms with van der Waals surface area (Å²) in [6.07, 6.45) is 3.90. The van der Waals surface area contributed by atoms with Gasteiger partial charge in [-0.25, -0.2) is 4.98 Å². The maximum atomic E-state index is 6.16. The summed E-state index contributed by atoms with van der Waals surface area (Å²) in [5.41, 5.74) is 0.698. The minimum absolute atomic E-state index is 0.513. The first-order valence-corrected chi connectivity index (χ1v) is 8.19. The maximum Gasteiger partial charge on any atom is 0.229 e. The highest BCUT2D eigenvalue weighted by Gasteiger charge is 2.09. The van der Waals surface area contributed by atoms with Crippen molar-refractivity contribution in [1.82, 2.24) is 9.97 Å². The minimum atomic E-state index is 0.513. The summed E-state index contributed by atoms with van der Waals surface area (Å²) in [4.78, 5) is 11.1. The second kappa shape index (κ2) is 8.20. The number of hydrogen-bond donors (Lipinski definition) is 1. The van der Waals surface area contributed by atoms with Crippen molar-refractivity contribution in [2.75, 3.05) is 23.3 Å². The summed E-state index contributed by atoms with van der Waals surface area (Å²) in [7, 11) is 0. The lowest BCUT2D eigenvalue weighted by Gasteiger charge is -2.22. The summed E-state index contributed by atoms with van der Waals surface area (Å²) in [6.45, 7) is 6.27. The van der Waals surface area contributed by atoms with Gasteiger partial charge in [-0.1, -0.05) is 37.0 Å². The Morgan fingerprint density at radius 2 is 1.82 bits per heavy atom. The summed E-state index contributed by atoms with van der Waals surface area (Å²) < 4.78 is 0. The topological polar surface area (TPSA) is 41.1 Å². The molecule has 0 amide bonds. The fourth-order valence-electron chi connectivity index (χ4n) is 2.18. The van der Waals surface area contributed by atoms with Crippen molar-refractivity contribution < 1.29 is 0 Å². The molecule has 1 N–H and O–H groups in total. The van der Waals surface area contributed by atoms with Crippen LogP contribution in [0.15, 0.2) is 30.5 Å². The molecule has 1 heterocycles. The Balaban J connectivity index is 2.22. The van der Waals surface area contributed by atoms with Crippen molar-refractivity contribution in [3.8, 4) is 0 Å². The first-order chi connectivity index (χ1) is 10.6. The van der Waals surface area contributed by atoms with Gasteiger partial charge in [-0.2, -0.15) is 4.98 Å². The number of aromatic nitrogens is 2. The lowest BCUT2D eigenvalue weighted by atomic mass is 10.3. The first kappa shape index (κ1) is 16.8. The molecular formula is C16H20Cl2N4. The number of nitrogens with zero attached hydrogens (tertiary/aromatic N) is 3. The van der Waals surface area contributed by atoms with Crippen LogP contribution in [-0.2, 0) is 0 Å². The molecule has 2 aromatic rings. The molecule has 0 aliphatic heterocycles. The van der Waals surface area contributed by atoms with E-state index in [9.17, 15) is 0 Å². The SMILES string of the molecule is CCCN(CCC)c1ccnc(Nc2cc(Cl)ccc2Cl)n1. The molecule has 6 heteroatoms. The van der Waals surface area contributed by atoms with Gasteiger partial charge in [0, 0.05) is 24.3 Å². The van der Waals surface area contributed by atoms with Crippen molar-refractivity contribution in [3.63, 3.8) is 0 Å². The average Bonchev–Trinajstić information content (AvgIpc) is 2.51. The molecule has 0 saturated heterocycles. The summed E-state index contributed by atoms with van der Waals surface area (Å²) in [5.74, 6) is 1.43. The van der Waals surface area contributed by atoms with Gasteiger partial charge in [-0.15, -0.1) is 0 Å². The molecule has 0 spiro atoms. The molecule has 1 aromatic carbocycles. The fraction of sp³-hybridized carbons (Fsp3) is 0.375. The van der Waals surface area contributed by atoms with Crippen LogP contribution >= 0.6 is 23.2 Å². The third-order valence-corrected chi connectivity index (χ3v) is 3.69. The van der Waals surface area contributed by atoms with Crippen molar-refractivity contribution in [1.29, 1.82) is 0 Å². The molecule has 118 valence electrons. The van der Waals surface area contributed by atoms with Crippen LogP contribution in [-0.4, -0.2) is 23.1 Å². The Morgan fingerprint density at radius 3 is 2.50 bits per heavy atom. The Hall–Kier alpha value is -1.52. The number of anilines is 3. The third kappa shape index (κ3) is 4.49. The lowest BCUT2D eigenvalue weighted by Crippen LogP contribution is -2.26. The smallest absolute Gasteiger partial charge is 0.229 e. The van der Waals surface area contributed by atoms with Gasteiger partial charge in [0.15, 0.2) is 0 Å².